The summed E-state index contributed by atoms with van der Waals surface area (Å²) in [5.41, 5.74) is 0. The van der Waals surface area contributed by atoms with E-state index in [9.17, 15) is 14.4 Å². The second kappa shape index (κ2) is 56.7. The lowest BCUT2D eigenvalue weighted by atomic mass is 10.0. The molecule has 0 aliphatic heterocycles. The number of allylic oxidation sites excluding steroid dienone is 10. The van der Waals surface area contributed by atoms with Crippen molar-refractivity contribution in [3.63, 3.8) is 0 Å². The maximum Gasteiger partial charge on any atom is 0.306 e. The third-order valence-corrected chi connectivity index (χ3v) is 12.8. The van der Waals surface area contributed by atoms with E-state index in [4.69, 9.17) is 14.2 Å². The minimum Gasteiger partial charge on any atom is -0.462 e. The molecule has 394 valence electrons. The van der Waals surface area contributed by atoms with Crippen molar-refractivity contribution in [3.8, 4) is 0 Å². The highest BCUT2D eigenvalue weighted by molar-refractivity contribution is 5.71. The Morgan fingerprint density at radius 1 is 0.309 bits per heavy atom. The SMILES string of the molecule is CC/C=C\C/C=C\C/C=C\C/C=C\CCCCCCCCCCCCCCCCCCCCCCC(=O)OCC(COC(=O)CCCCCCC)OC(=O)CCCCCCC/C=C\CCCCC. The number of unbranched alkanes of at least 4 members (excludes halogenated alkanes) is 32. The lowest BCUT2D eigenvalue weighted by Crippen LogP contribution is -2.30. The maximum absolute atomic E-state index is 12.7. The highest BCUT2D eigenvalue weighted by Gasteiger charge is 2.19. The number of hydrogen-bond donors (Lipinski definition) is 0. The molecule has 0 saturated heterocycles. The summed E-state index contributed by atoms with van der Waals surface area (Å²) in [5, 5.41) is 0. The zero-order valence-corrected chi connectivity index (χ0v) is 45.1. The Hall–Kier alpha value is -2.89. The second-order valence-electron chi connectivity index (χ2n) is 19.5. The van der Waals surface area contributed by atoms with Gasteiger partial charge >= 0.3 is 17.9 Å². The molecule has 0 aromatic heterocycles. The fraction of sp³-hybridized carbons (Fsp3) is 0.790. The average Bonchev–Trinajstić information content (AvgIpc) is 3.34. The molecule has 0 aliphatic carbocycles. The van der Waals surface area contributed by atoms with Gasteiger partial charge in [0.05, 0.1) is 0 Å². The Bertz CT molecular complexity index is 1230. The van der Waals surface area contributed by atoms with E-state index in [-0.39, 0.29) is 31.1 Å². The molecule has 0 rings (SSSR count). The highest BCUT2D eigenvalue weighted by atomic mass is 16.6. The van der Waals surface area contributed by atoms with E-state index >= 15 is 0 Å². The van der Waals surface area contributed by atoms with Gasteiger partial charge in [-0.25, -0.2) is 0 Å². The average molecular weight is 952 g/mol. The van der Waals surface area contributed by atoms with Crippen LogP contribution in [-0.4, -0.2) is 37.2 Å². The van der Waals surface area contributed by atoms with E-state index in [2.05, 4.69) is 81.5 Å². The van der Waals surface area contributed by atoms with E-state index in [1.165, 1.54) is 161 Å². The van der Waals surface area contributed by atoms with Gasteiger partial charge in [-0.1, -0.05) is 255 Å². The van der Waals surface area contributed by atoms with Crippen molar-refractivity contribution in [2.24, 2.45) is 0 Å². The molecule has 0 N–H and O–H groups in total. The van der Waals surface area contributed by atoms with Gasteiger partial charge in [0.25, 0.3) is 0 Å². The number of hydrogen-bond acceptors (Lipinski definition) is 6. The molecule has 6 nitrogen and oxygen atoms in total. The molecule has 0 aromatic rings. The van der Waals surface area contributed by atoms with Crippen LogP contribution in [0.15, 0.2) is 60.8 Å². The first-order valence-corrected chi connectivity index (χ1v) is 29.3. The monoisotopic (exact) mass is 951 g/mol. The zero-order valence-electron chi connectivity index (χ0n) is 45.1. The molecule has 0 amide bonds. The Morgan fingerprint density at radius 2 is 0.574 bits per heavy atom. The van der Waals surface area contributed by atoms with E-state index in [0.717, 1.165) is 96.3 Å². The van der Waals surface area contributed by atoms with Gasteiger partial charge in [-0.15, -0.1) is 0 Å². The number of carbonyl (C=O) groups excluding carboxylic acids is 3. The van der Waals surface area contributed by atoms with Crippen molar-refractivity contribution in [1.29, 1.82) is 0 Å². The second-order valence-corrected chi connectivity index (χ2v) is 19.5. The number of ether oxygens (including phenoxy) is 3. The molecule has 0 radical (unpaired) electrons. The van der Waals surface area contributed by atoms with Gasteiger partial charge in [-0.2, -0.15) is 0 Å². The molecule has 0 aromatic carbocycles. The molecular formula is C62H110O6. The van der Waals surface area contributed by atoms with Crippen LogP contribution in [0, 0.1) is 0 Å². The van der Waals surface area contributed by atoms with Crippen LogP contribution in [0.1, 0.15) is 297 Å². The predicted octanol–water partition coefficient (Wildman–Crippen LogP) is 19.6. The molecule has 1 unspecified atom stereocenters. The van der Waals surface area contributed by atoms with Gasteiger partial charge in [-0.3, -0.25) is 14.4 Å². The van der Waals surface area contributed by atoms with Crippen LogP contribution in [0.25, 0.3) is 0 Å². The van der Waals surface area contributed by atoms with E-state index in [1.54, 1.807) is 0 Å². The first-order chi connectivity index (χ1) is 33.5. The molecule has 68 heavy (non-hydrogen) atoms. The van der Waals surface area contributed by atoms with Crippen LogP contribution in [0.5, 0.6) is 0 Å². The van der Waals surface area contributed by atoms with Crippen LogP contribution in [-0.2, 0) is 28.6 Å². The minimum absolute atomic E-state index is 0.0738. The van der Waals surface area contributed by atoms with Crippen LogP contribution in [0.4, 0.5) is 0 Å². The predicted molar refractivity (Wildman–Crippen MR) is 293 cm³/mol. The van der Waals surface area contributed by atoms with Crippen molar-refractivity contribution >= 4 is 17.9 Å². The smallest absolute Gasteiger partial charge is 0.306 e. The van der Waals surface area contributed by atoms with Crippen LogP contribution in [0.2, 0.25) is 0 Å². The topological polar surface area (TPSA) is 78.9 Å². The van der Waals surface area contributed by atoms with Crippen molar-refractivity contribution in [3.05, 3.63) is 60.8 Å². The summed E-state index contributed by atoms with van der Waals surface area (Å²) in [4.78, 5) is 37.7. The first kappa shape index (κ1) is 65.1. The van der Waals surface area contributed by atoms with Crippen molar-refractivity contribution in [2.75, 3.05) is 13.2 Å². The quantitative estimate of drug-likeness (QED) is 0.0262. The fourth-order valence-electron chi connectivity index (χ4n) is 8.37. The highest BCUT2D eigenvalue weighted by Crippen LogP contribution is 2.17. The molecule has 0 spiro atoms. The third kappa shape index (κ3) is 54.1. The Balaban J connectivity index is 3.87. The van der Waals surface area contributed by atoms with Gasteiger partial charge in [0.15, 0.2) is 6.10 Å². The summed E-state index contributed by atoms with van der Waals surface area (Å²) in [6.45, 7) is 6.43. The zero-order chi connectivity index (χ0) is 49.3. The fourth-order valence-corrected chi connectivity index (χ4v) is 8.37. The molecule has 0 bridgehead atoms. The summed E-state index contributed by atoms with van der Waals surface area (Å²) in [7, 11) is 0. The molecular weight excluding hydrogens is 841 g/mol. The molecule has 0 heterocycles. The van der Waals surface area contributed by atoms with E-state index in [1.807, 2.05) is 0 Å². The van der Waals surface area contributed by atoms with Gasteiger partial charge in [0.2, 0.25) is 0 Å². The van der Waals surface area contributed by atoms with Crippen LogP contribution in [0.3, 0.4) is 0 Å². The van der Waals surface area contributed by atoms with E-state index in [0.29, 0.717) is 19.3 Å². The molecule has 1 atom stereocenters. The summed E-state index contributed by atoms with van der Waals surface area (Å²) >= 11 is 0. The van der Waals surface area contributed by atoms with Crippen molar-refractivity contribution in [1.82, 2.24) is 0 Å². The summed E-state index contributed by atoms with van der Waals surface area (Å²) in [6, 6.07) is 0. The number of esters is 3. The largest absolute Gasteiger partial charge is 0.462 e. The number of rotatable bonds is 53. The standard InChI is InChI=1S/C62H110O6/c1-4-7-10-13-15-17-19-21-22-23-24-25-26-27-28-29-30-31-32-33-34-35-36-37-38-39-40-41-43-44-46-49-52-55-61(64)67-58-59(57-66-60(63)54-51-48-12-9-6-3)68-62(65)56-53-50-47-45-42-20-18-16-14-11-8-5-2/h7,10,15-18,21-22,24-25,59H,4-6,8-9,11-14,19-20,23,26-58H2,1-3H3/b10-7-,17-15-,18-16-,22-21-,25-24-. The van der Waals surface area contributed by atoms with Gasteiger partial charge in [-0.05, 0) is 83.5 Å². The van der Waals surface area contributed by atoms with Gasteiger partial charge in [0.1, 0.15) is 13.2 Å². The maximum atomic E-state index is 12.7. The summed E-state index contributed by atoms with van der Waals surface area (Å²) < 4.78 is 16.7. The lowest BCUT2D eigenvalue weighted by molar-refractivity contribution is -0.167. The minimum atomic E-state index is -0.770. The van der Waals surface area contributed by atoms with Crippen LogP contribution >= 0.6 is 0 Å². The summed E-state index contributed by atoms with van der Waals surface area (Å²) in [5.74, 6) is -0.888. The first-order valence-electron chi connectivity index (χ1n) is 29.3. The van der Waals surface area contributed by atoms with E-state index < -0.39 is 6.10 Å². The molecule has 6 heteroatoms. The molecule has 0 aliphatic rings. The normalized spacial score (nSPS) is 12.5. The van der Waals surface area contributed by atoms with Gasteiger partial charge in [0, 0.05) is 19.3 Å². The van der Waals surface area contributed by atoms with Crippen LogP contribution < -0.4 is 0 Å². The third-order valence-electron chi connectivity index (χ3n) is 12.8. The molecule has 0 saturated carbocycles. The molecule has 0 fully saturated rings. The van der Waals surface area contributed by atoms with Crippen molar-refractivity contribution in [2.45, 2.75) is 303 Å². The Labute approximate surface area is 421 Å². The van der Waals surface area contributed by atoms with Crippen molar-refractivity contribution < 1.29 is 28.6 Å². The van der Waals surface area contributed by atoms with Gasteiger partial charge < -0.3 is 14.2 Å². The lowest BCUT2D eigenvalue weighted by Gasteiger charge is -2.18. The Kier molecular flexibility index (Phi) is 54.3. The summed E-state index contributed by atoms with van der Waals surface area (Å²) in [6.07, 6.45) is 71.4. The number of carbonyl (C=O) groups is 3. The Morgan fingerprint density at radius 3 is 0.941 bits per heavy atom.